The van der Waals surface area contributed by atoms with Crippen LogP contribution < -0.4 is 4.90 Å². The summed E-state index contributed by atoms with van der Waals surface area (Å²) in [7, 11) is 1.79. The number of aryl methyl sites for hydroxylation is 1. The van der Waals surface area contributed by atoms with Crippen molar-refractivity contribution in [1.82, 2.24) is 19.7 Å². The Bertz CT molecular complexity index is 940. The number of pyridine rings is 1. The summed E-state index contributed by atoms with van der Waals surface area (Å²) >= 11 is 0. The Labute approximate surface area is 174 Å². The molecule has 2 aliphatic rings. The molecule has 30 heavy (non-hydrogen) atoms. The minimum Gasteiger partial charge on any atom is -0.381 e. The lowest BCUT2D eigenvalue weighted by atomic mass is 10.0. The third-order valence-electron chi connectivity index (χ3n) is 6.04. The zero-order valence-corrected chi connectivity index (χ0v) is 17.6. The van der Waals surface area contributed by atoms with E-state index >= 15 is 0 Å². The molecule has 0 aromatic carbocycles. The SMILES string of the molecule is CC(=O)N1CCc2c(c(N(C)c3ccc(C)c(C(F)F)n3)nn2C2CCOCC2)C1. The van der Waals surface area contributed by atoms with Gasteiger partial charge in [0, 0.05) is 51.4 Å². The number of amides is 1. The van der Waals surface area contributed by atoms with Crippen molar-refractivity contribution in [3.05, 3.63) is 34.6 Å². The van der Waals surface area contributed by atoms with Crippen LogP contribution in [0.25, 0.3) is 0 Å². The van der Waals surface area contributed by atoms with Crippen molar-refractivity contribution in [2.24, 2.45) is 0 Å². The maximum Gasteiger partial charge on any atom is 0.280 e. The molecule has 4 heterocycles. The van der Waals surface area contributed by atoms with E-state index in [2.05, 4.69) is 9.67 Å². The van der Waals surface area contributed by atoms with Crippen molar-refractivity contribution in [1.29, 1.82) is 0 Å². The molecule has 0 saturated carbocycles. The zero-order valence-electron chi connectivity index (χ0n) is 17.6. The van der Waals surface area contributed by atoms with E-state index in [4.69, 9.17) is 9.84 Å². The van der Waals surface area contributed by atoms with E-state index in [1.807, 2.05) is 0 Å². The minimum atomic E-state index is -2.64. The van der Waals surface area contributed by atoms with Crippen LogP contribution in [0, 0.1) is 6.92 Å². The van der Waals surface area contributed by atoms with Gasteiger partial charge in [0.25, 0.3) is 6.43 Å². The first-order chi connectivity index (χ1) is 14.4. The van der Waals surface area contributed by atoms with Gasteiger partial charge >= 0.3 is 0 Å². The molecule has 1 saturated heterocycles. The number of anilines is 2. The number of carbonyl (C=O) groups excluding carboxylic acids is 1. The van der Waals surface area contributed by atoms with E-state index in [9.17, 15) is 13.6 Å². The summed E-state index contributed by atoms with van der Waals surface area (Å²) in [5.41, 5.74) is 2.32. The normalized spacial score (nSPS) is 17.3. The van der Waals surface area contributed by atoms with Crippen LogP contribution in [-0.2, 0) is 22.5 Å². The maximum absolute atomic E-state index is 13.4. The lowest BCUT2D eigenvalue weighted by Gasteiger charge is -2.29. The molecule has 1 fully saturated rings. The fourth-order valence-corrected chi connectivity index (χ4v) is 4.25. The topological polar surface area (TPSA) is 63.5 Å². The van der Waals surface area contributed by atoms with Crippen LogP contribution in [0.15, 0.2) is 12.1 Å². The number of alkyl halides is 2. The summed E-state index contributed by atoms with van der Waals surface area (Å²) in [6.45, 7) is 5.70. The van der Waals surface area contributed by atoms with Crippen LogP contribution in [0.3, 0.4) is 0 Å². The van der Waals surface area contributed by atoms with Crippen molar-refractivity contribution < 1.29 is 18.3 Å². The van der Waals surface area contributed by atoms with Gasteiger partial charge in [-0.3, -0.25) is 9.48 Å². The molecular weight excluding hydrogens is 392 g/mol. The summed E-state index contributed by atoms with van der Waals surface area (Å²) in [5.74, 6) is 1.09. The van der Waals surface area contributed by atoms with Crippen LogP contribution >= 0.6 is 0 Å². The van der Waals surface area contributed by atoms with Gasteiger partial charge in [0.15, 0.2) is 5.82 Å². The molecule has 2 aromatic heterocycles. The van der Waals surface area contributed by atoms with Crippen molar-refractivity contribution in [3.63, 3.8) is 0 Å². The van der Waals surface area contributed by atoms with Crippen molar-refractivity contribution in [2.45, 2.75) is 52.1 Å². The van der Waals surface area contributed by atoms with Crippen LogP contribution in [0.2, 0.25) is 0 Å². The first-order valence-corrected chi connectivity index (χ1v) is 10.3. The molecule has 1 amide bonds. The van der Waals surface area contributed by atoms with Gasteiger partial charge in [0.05, 0.1) is 12.6 Å². The highest BCUT2D eigenvalue weighted by Gasteiger charge is 2.31. The second-order valence-corrected chi connectivity index (χ2v) is 7.96. The molecule has 7 nitrogen and oxygen atoms in total. The van der Waals surface area contributed by atoms with Gasteiger partial charge in [-0.15, -0.1) is 0 Å². The van der Waals surface area contributed by atoms with Crippen molar-refractivity contribution in [3.8, 4) is 0 Å². The lowest BCUT2D eigenvalue weighted by molar-refractivity contribution is -0.129. The maximum atomic E-state index is 13.4. The van der Waals surface area contributed by atoms with E-state index in [1.54, 1.807) is 42.8 Å². The molecule has 0 bridgehead atoms. The third-order valence-corrected chi connectivity index (χ3v) is 6.04. The Morgan fingerprint density at radius 1 is 1.30 bits per heavy atom. The summed E-state index contributed by atoms with van der Waals surface area (Å²) < 4.78 is 34.3. The molecule has 0 spiro atoms. The number of rotatable bonds is 4. The van der Waals surface area contributed by atoms with Gasteiger partial charge in [0.2, 0.25) is 5.91 Å². The van der Waals surface area contributed by atoms with Crippen LogP contribution in [0.5, 0.6) is 0 Å². The molecule has 162 valence electrons. The highest BCUT2D eigenvalue weighted by molar-refractivity contribution is 5.74. The highest BCUT2D eigenvalue weighted by atomic mass is 19.3. The predicted molar refractivity (Wildman–Crippen MR) is 108 cm³/mol. The number of aromatic nitrogens is 3. The standard InChI is InChI=1S/C21H27F2N5O2/c1-13-4-5-18(24-19(13)20(22)23)26(3)21-16-12-27(14(2)29)9-6-17(16)28(25-21)15-7-10-30-11-8-15/h4-5,15,20H,6-12H2,1-3H3. The average molecular weight is 419 g/mol. The Morgan fingerprint density at radius 3 is 2.70 bits per heavy atom. The van der Waals surface area contributed by atoms with Crippen LogP contribution in [0.4, 0.5) is 20.4 Å². The second kappa shape index (κ2) is 8.29. The average Bonchev–Trinajstić information content (AvgIpc) is 3.13. The summed E-state index contributed by atoms with van der Waals surface area (Å²) in [4.78, 5) is 19.7. The number of halogens is 2. The van der Waals surface area contributed by atoms with E-state index in [-0.39, 0.29) is 17.6 Å². The molecular formula is C21H27F2N5O2. The number of hydrogen-bond donors (Lipinski definition) is 0. The number of nitrogens with zero attached hydrogens (tertiary/aromatic N) is 5. The Morgan fingerprint density at radius 2 is 2.03 bits per heavy atom. The molecule has 0 radical (unpaired) electrons. The van der Waals surface area contributed by atoms with E-state index in [0.29, 0.717) is 43.5 Å². The van der Waals surface area contributed by atoms with Gasteiger partial charge in [-0.25, -0.2) is 13.8 Å². The summed E-state index contributed by atoms with van der Waals surface area (Å²) in [6.07, 6.45) is -0.158. The largest absolute Gasteiger partial charge is 0.381 e. The highest BCUT2D eigenvalue weighted by Crippen LogP contribution is 2.35. The van der Waals surface area contributed by atoms with Crippen molar-refractivity contribution >= 4 is 17.5 Å². The van der Waals surface area contributed by atoms with Gasteiger partial charge in [0.1, 0.15) is 11.5 Å². The fraction of sp³-hybridized carbons (Fsp3) is 0.571. The smallest absolute Gasteiger partial charge is 0.280 e. The predicted octanol–water partition coefficient (Wildman–Crippen LogP) is 3.55. The minimum absolute atomic E-state index is 0.0153. The number of ether oxygens (including phenoxy) is 1. The molecule has 4 rings (SSSR count). The van der Waals surface area contributed by atoms with Gasteiger partial charge < -0.3 is 14.5 Å². The number of hydrogen-bond acceptors (Lipinski definition) is 5. The van der Waals surface area contributed by atoms with E-state index < -0.39 is 6.43 Å². The molecule has 2 aromatic rings. The number of carbonyl (C=O) groups is 1. The lowest BCUT2D eigenvalue weighted by Crippen LogP contribution is -2.35. The molecule has 0 N–H and O–H groups in total. The molecule has 0 atom stereocenters. The van der Waals surface area contributed by atoms with Gasteiger partial charge in [-0.2, -0.15) is 5.10 Å². The molecule has 0 unspecified atom stereocenters. The van der Waals surface area contributed by atoms with E-state index in [0.717, 1.165) is 30.5 Å². The Hall–Kier alpha value is -2.55. The molecule has 0 aliphatic carbocycles. The quantitative estimate of drug-likeness (QED) is 0.759. The first kappa shape index (κ1) is 20.7. The fourth-order valence-electron chi connectivity index (χ4n) is 4.25. The molecule has 2 aliphatic heterocycles. The van der Waals surface area contributed by atoms with Crippen LogP contribution in [0.1, 0.15) is 54.7 Å². The third kappa shape index (κ3) is 3.78. The van der Waals surface area contributed by atoms with Crippen LogP contribution in [-0.4, -0.2) is 52.4 Å². The molecule has 9 heteroatoms. The zero-order chi connectivity index (χ0) is 21.4. The van der Waals surface area contributed by atoms with Gasteiger partial charge in [-0.1, -0.05) is 6.07 Å². The monoisotopic (exact) mass is 419 g/mol. The van der Waals surface area contributed by atoms with Crippen molar-refractivity contribution in [2.75, 3.05) is 31.7 Å². The Kier molecular flexibility index (Phi) is 5.73. The van der Waals surface area contributed by atoms with E-state index in [1.165, 1.54) is 0 Å². The van der Waals surface area contributed by atoms with Gasteiger partial charge in [-0.05, 0) is 31.4 Å². The summed E-state index contributed by atoms with van der Waals surface area (Å²) in [5, 5.41) is 4.90. The number of fused-ring (bicyclic) bond motifs is 1. The summed E-state index contributed by atoms with van der Waals surface area (Å²) in [6, 6.07) is 3.62. The second-order valence-electron chi connectivity index (χ2n) is 7.96. The Balaban J connectivity index is 1.76. The first-order valence-electron chi connectivity index (χ1n) is 10.3.